The van der Waals surface area contributed by atoms with Crippen molar-refractivity contribution in [3.8, 4) is 11.5 Å². The van der Waals surface area contributed by atoms with Crippen molar-refractivity contribution in [1.29, 1.82) is 0 Å². The first kappa shape index (κ1) is 24.1. The van der Waals surface area contributed by atoms with Crippen molar-refractivity contribution in [3.05, 3.63) is 59.4 Å². The van der Waals surface area contributed by atoms with Gasteiger partial charge in [0.25, 0.3) is 0 Å². The molecule has 0 radical (unpaired) electrons. The number of hydrogen-bond acceptors (Lipinski definition) is 3. The summed E-state index contributed by atoms with van der Waals surface area (Å²) in [6, 6.07) is 7.66. The van der Waals surface area contributed by atoms with Crippen LogP contribution in [-0.4, -0.2) is 12.6 Å². The van der Waals surface area contributed by atoms with E-state index in [1.165, 1.54) is 69.9 Å². The third-order valence-corrected chi connectivity index (χ3v) is 6.18. The van der Waals surface area contributed by atoms with E-state index in [0.29, 0.717) is 30.4 Å². The van der Waals surface area contributed by atoms with Gasteiger partial charge in [-0.05, 0) is 48.9 Å². The molecule has 3 nitrogen and oxygen atoms in total. The molecule has 0 bridgehead atoms. The zero-order valence-corrected chi connectivity index (χ0v) is 18.5. The summed E-state index contributed by atoms with van der Waals surface area (Å²) in [5.74, 6) is -3.56. The third-order valence-electron chi connectivity index (χ3n) is 6.18. The Kier molecular flexibility index (Phi) is 9.00. The summed E-state index contributed by atoms with van der Waals surface area (Å²) in [7, 11) is 0. The standard InChI is InChI=1S/C26H31F3O3/c1-2-3-4-5-6-18-7-9-19(10-8-18)17-31-21-13-11-20(12-14-21)26(30)32-22-15-23(27)25(29)24(28)16-22/h11-16,18-19H,2-10,17H2,1H3/t18-,19-. The summed E-state index contributed by atoms with van der Waals surface area (Å²) in [4.78, 5) is 12.2. The van der Waals surface area contributed by atoms with Crippen LogP contribution < -0.4 is 9.47 Å². The van der Waals surface area contributed by atoms with Crippen LogP contribution in [0.3, 0.4) is 0 Å². The number of esters is 1. The molecule has 174 valence electrons. The minimum absolute atomic E-state index is 0.200. The van der Waals surface area contributed by atoms with Gasteiger partial charge >= 0.3 is 5.97 Å². The van der Waals surface area contributed by atoms with Crippen molar-refractivity contribution in [2.45, 2.75) is 64.7 Å². The van der Waals surface area contributed by atoms with Crippen LogP contribution in [-0.2, 0) is 0 Å². The van der Waals surface area contributed by atoms with Crippen LogP contribution in [0.4, 0.5) is 13.2 Å². The van der Waals surface area contributed by atoms with Gasteiger partial charge in [-0.2, -0.15) is 0 Å². The molecule has 0 aromatic heterocycles. The molecule has 0 atom stereocenters. The zero-order valence-electron chi connectivity index (χ0n) is 18.5. The Morgan fingerprint density at radius 3 is 2.12 bits per heavy atom. The second-order valence-corrected chi connectivity index (χ2v) is 8.66. The fraction of sp³-hybridized carbons (Fsp3) is 0.500. The van der Waals surface area contributed by atoms with Crippen molar-refractivity contribution < 1.29 is 27.4 Å². The Morgan fingerprint density at radius 1 is 0.875 bits per heavy atom. The lowest BCUT2D eigenvalue weighted by Crippen LogP contribution is -2.20. The maximum Gasteiger partial charge on any atom is 0.343 e. The molecule has 0 saturated heterocycles. The van der Waals surface area contributed by atoms with E-state index in [4.69, 9.17) is 9.47 Å². The van der Waals surface area contributed by atoms with Gasteiger partial charge in [0.2, 0.25) is 0 Å². The molecular weight excluding hydrogens is 417 g/mol. The lowest BCUT2D eigenvalue weighted by molar-refractivity contribution is 0.0733. The van der Waals surface area contributed by atoms with Gasteiger partial charge in [-0.15, -0.1) is 0 Å². The summed E-state index contributed by atoms with van der Waals surface area (Å²) in [5.41, 5.74) is 0.200. The van der Waals surface area contributed by atoms with E-state index in [0.717, 1.165) is 5.92 Å². The first-order chi connectivity index (χ1) is 15.5. The Bertz CT molecular complexity index is 851. The van der Waals surface area contributed by atoms with Gasteiger partial charge in [0.1, 0.15) is 11.5 Å². The van der Waals surface area contributed by atoms with Crippen LogP contribution in [0.2, 0.25) is 0 Å². The molecule has 1 fully saturated rings. The van der Waals surface area contributed by atoms with Crippen molar-refractivity contribution in [2.24, 2.45) is 11.8 Å². The molecule has 3 rings (SSSR count). The molecule has 6 heteroatoms. The molecule has 1 aliphatic rings. The fourth-order valence-corrected chi connectivity index (χ4v) is 4.21. The van der Waals surface area contributed by atoms with E-state index in [-0.39, 0.29) is 5.56 Å². The number of unbranched alkanes of at least 4 members (excludes halogenated alkanes) is 3. The van der Waals surface area contributed by atoms with Crippen molar-refractivity contribution in [2.75, 3.05) is 6.61 Å². The van der Waals surface area contributed by atoms with Gasteiger partial charge in [0.05, 0.1) is 12.2 Å². The molecule has 0 spiro atoms. The number of hydrogen-bond donors (Lipinski definition) is 0. The Balaban J connectivity index is 1.42. The number of carbonyl (C=O) groups excluding carboxylic acids is 1. The maximum atomic E-state index is 13.3. The first-order valence-electron chi connectivity index (χ1n) is 11.6. The molecule has 1 aliphatic carbocycles. The fourth-order valence-electron chi connectivity index (χ4n) is 4.21. The normalized spacial score (nSPS) is 18.4. The molecule has 0 heterocycles. The number of benzene rings is 2. The molecule has 0 N–H and O–H groups in total. The van der Waals surface area contributed by atoms with Crippen LogP contribution in [0.5, 0.6) is 11.5 Å². The van der Waals surface area contributed by atoms with Crippen LogP contribution in [0.1, 0.15) is 75.1 Å². The number of ether oxygens (including phenoxy) is 2. The number of rotatable bonds is 10. The number of halogens is 3. The Hall–Kier alpha value is -2.50. The van der Waals surface area contributed by atoms with Crippen LogP contribution >= 0.6 is 0 Å². The smallest absolute Gasteiger partial charge is 0.343 e. The monoisotopic (exact) mass is 448 g/mol. The van der Waals surface area contributed by atoms with E-state index >= 15 is 0 Å². The van der Waals surface area contributed by atoms with E-state index < -0.39 is 29.2 Å². The molecular formula is C26H31F3O3. The summed E-state index contributed by atoms with van der Waals surface area (Å²) in [6.45, 7) is 2.89. The van der Waals surface area contributed by atoms with Gasteiger partial charge in [-0.25, -0.2) is 18.0 Å². The van der Waals surface area contributed by atoms with Crippen LogP contribution in [0.15, 0.2) is 36.4 Å². The summed E-state index contributed by atoms with van der Waals surface area (Å²) in [5, 5.41) is 0. The molecule has 0 amide bonds. The average molecular weight is 449 g/mol. The molecule has 0 aliphatic heterocycles. The lowest BCUT2D eigenvalue weighted by Gasteiger charge is -2.28. The lowest BCUT2D eigenvalue weighted by atomic mass is 9.80. The highest BCUT2D eigenvalue weighted by atomic mass is 19.2. The van der Waals surface area contributed by atoms with Gasteiger partial charge in [0, 0.05) is 12.1 Å². The quantitative estimate of drug-likeness (QED) is 0.164. The second-order valence-electron chi connectivity index (χ2n) is 8.66. The van der Waals surface area contributed by atoms with E-state index in [9.17, 15) is 18.0 Å². The zero-order chi connectivity index (χ0) is 22.9. The largest absolute Gasteiger partial charge is 0.493 e. The van der Waals surface area contributed by atoms with E-state index in [1.54, 1.807) is 12.1 Å². The highest BCUT2D eigenvalue weighted by molar-refractivity contribution is 5.91. The molecule has 0 unspecified atom stereocenters. The summed E-state index contributed by atoms with van der Waals surface area (Å²) in [6.07, 6.45) is 11.6. The molecule has 2 aromatic rings. The maximum absolute atomic E-state index is 13.3. The first-order valence-corrected chi connectivity index (χ1v) is 11.6. The van der Waals surface area contributed by atoms with Gasteiger partial charge in [-0.1, -0.05) is 51.9 Å². The highest BCUT2D eigenvalue weighted by Gasteiger charge is 2.21. The number of carbonyl (C=O) groups is 1. The average Bonchev–Trinajstić information content (AvgIpc) is 2.80. The topological polar surface area (TPSA) is 35.5 Å². The predicted octanol–water partition coefficient (Wildman–Crippen LogP) is 7.48. The van der Waals surface area contributed by atoms with Gasteiger partial charge in [0.15, 0.2) is 17.5 Å². The van der Waals surface area contributed by atoms with Gasteiger partial charge in [-0.3, -0.25) is 0 Å². The second kappa shape index (κ2) is 11.9. The minimum atomic E-state index is -1.60. The third kappa shape index (κ3) is 7.01. The predicted molar refractivity (Wildman–Crippen MR) is 117 cm³/mol. The summed E-state index contributed by atoms with van der Waals surface area (Å²) >= 11 is 0. The summed E-state index contributed by atoms with van der Waals surface area (Å²) < 4.78 is 50.4. The van der Waals surface area contributed by atoms with E-state index in [1.807, 2.05) is 0 Å². The van der Waals surface area contributed by atoms with Crippen molar-refractivity contribution >= 4 is 5.97 Å². The van der Waals surface area contributed by atoms with E-state index in [2.05, 4.69) is 6.92 Å². The Labute approximate surface area is 187 Å². The van der Waals surface area contributed by atoms with Crippen molar-refractivity contribution in [3.63, 3.8) is 0 Å². The van der Waals surface area contributed by atoms with Crippen molar-refractivity contribution in [1.82, 2.24) is 0 Å². The highest BCUT2D eigenvalue weighted by Crippen LogP contribution is 2.32. The van der Waals surface area contributed by atoms with Crippen LogP contribution in [0, 0.1) is 29.3 Å². The molecule has 32 heavy (non-hydrogen) atoms. The minimum Gasteiger partial charge on any atom is -0.493 e. The SMILES string of the molecule is CCCCCC[C@H]1CC[C@H](COc2ccc(C(=O)Oc3cc(F)c(F)c(F)c3)cc2)CC1. The molecule has 1 saturated carbocycles. The van der Waals surface area contributed by atoms with Gasteiger partial charge < -0.3 is 9.47 Å². The molecule has 2 aromatic carbocycles. The van der Waals surface area contributed by atoms with Crippen LogP contribution in [0.25, 0.3) is 0 Å². The Morgan fingerprint density at radius 2 is 1.50 bits per heavy atom.